The highest BCUT2D eigenvalue weighted by Gasteiger charge is 2.32. The van der Waals surface area contributed by atoms with Crippen LogP contribution in [0, 0.1) is 5.92 Å². The van der Waals surface area contributed by atoms with Crippen molar-refractivity contribution in [3.63, 3.8) is 0 Å². The minimum Gasteiger partial charge on any atom is -0.369 e. The van der Waals surface area contributed by atoms with Crippen molar-refractivity contribution < 1.29 is 9.59 Å². The topological polar surface area (TPSA) is 71.2 Å². The van der Waals surface area contributed by atoms with E-state index in [-0.39, 0.29) is 24.0 Å². The number of nitrogens with zero attached hydrogens (tertiary/aromatic N) is 4. The number of urea groups is 1. The zero-order valence-corrected chi connectivity index (χ0v) is 21.3. The van der Waals surface area contributed by atoms with Crippen LogP contribution in [0.4, 0.5) is 16.2 Å². The van der Waals surface area contributed by atoms with E-state index in [2.05, 4.69) is 46.5 Å². The molecule has 8 heteroatoms. The summed E-state index contributed by atoms with van der Waals surface area (Å²) in [4.78, 5) is 32.2. The second-order valence-corrected chi connectivity index (χ2v) is 9.99. The van der Waals surface area contributed by atoms with Crippen LogP contribution < -0.4 is 20.7 Å². The second-order valence-electron chi connectivity index (χ2n) is 9.99. The van der Waals surface area contributed by atoms with Gasteiger partial charge in [0.15, 0.2) is 0 Å². The molecule has 35 heavy (non-hydrogen) atoms. The first kappa shape index (κ1) is 25.0. The van der Waals surface area contributed by atoms with Gasteiger partial charge in [-0.15, -0.1) is 0 Å². The van der Waals surface area contributed by atoms with Gasteiger partial charge < -0.3 is 15.1 Å². The normalized spacial score (nSPS) is 18.0. The molecule has 2 N–H and O–H groups in total. The number of amides is 3. The summed E-state index contributed by atoms with van der Waals surface area (Å²) in [5.41, 5.74) is 6.16. The van der Waals surface area contributed by atoms with Crippen LogP contribution in [0.3, 0.4) is 0 Å². The Morgan fingerprint density at radius 3 is 2.11 bits per heavy atom. The summed E-state index contributed by atoms with van der Waals surface area (Å²) < 4.78 is 0. The van der Waals surface area contributed by atoms with E-state index < -0.39 is 0 Å². The van der Waals surface area contributed by atoms with Gasteiger partial charge in [0.05, 0.1) is 12.4 Å². The highest BCUT2D eigenvalue weighted by Crippen LogP contribution is 2.27. The van der Waals surface area contributed by atoms with E-state index in [1.54, 1.807) is 9.91 Å². The monoisotopic (exact) mass is 478 g/mol. The van der Waals surface area contributed by atoms with Crippen LogP contribution in [-0.4, -0.2) is 67.2 Å². The van der Waals surface area contributed by atoms with Gasteiger partial charge in [0.25, 0.3) is 0 Å². The van der Waals surface area contributed by atoms with Crippen LogP contribution in [0.5, 0.6) is 0 Å². The van der Waals surface area contributed by atoms with Crippen LogP contribution in [-0.2, 0) is 4.79 Å². The fraction of sp³-hybridized carbons (Fsp3) is 0.481. The van der Waals surface area contributed by atoms with Crippen LogP contribution in [0.2, 0.25) is 0 Å². The Bertz CT molecular complexity index is 986. The molecule has 0 bridgehead atoms. The number of carbonyl (C=O) groups excluding carboxylic acids is 2. The molecule has 0 aliphatic carbocycles. The maximum atomic E-state index is 13.1. The van der Waals surface area contributed by atoms with Gasteiger partial charge in [0.1, 0.15) is 6.04 Å². The van der Waals surface area contributed by atoms with Gasteiger partial charge in [0, 0.05) is 44.5 Å². The van der Waals surface area contributed by atoms with Crippen LogP contribution in [0.15, 0.2) is 54.6 Å². The van der Waals surface area contributed by atoms with E-state index in [0.29, 0.717) is 19.1 Å². The number of hydrazine groups is 1. The Morgan fingerprint density at radius 1 is 0.914 bits per heavy atom. The molecule has 8 nitrogen and oxygen atoms in total. The van der Waals surface area contributed by atoms with Crippen molar-refractivity contribution in [2.24, 2.45) is 5.92 Å². The first-order valence-electron chi connectivity index (χ1n) is 12.6. The SMILES string of the molecule is CC(C)CNC(=O)C(c1ccccc1)N1CCN(c2ccc(N3NCN(C(C)C)C3=O)cc2)CC1. The van der Waals surface area contributed by atoms with Gasteiger partial charge in [-0.1, -0.05) is 44.2 Å². The van der Waals surface area contributed by atoms with E-state index in [1.165, 1.54) is 0 Å². The Hall–Kier alpha value is -3.10. The first-order valence-corrected chi connectivity index (χ1v) is 12.6. The lowest BCUT2D eigenvalue weighted by molar-refractivity contribution is -0.127. The maximum Gasteiger partial charge on any atom is 0.340 e. The summed E-state index contributed by atoms with van der Waals surface area (Å²) in [6.45, 7) is 12.7. The lowest BCUT2D eigenvalue weighted by Crippen LogP contribution is -2.51. The van der Waals surface area contributed by atoms with Crippen molar-refractivity contribution in [1.82, 2.24) is 20.5 Å². The number of hydrogen-bond donors (Lipinski definition) is 2. The highest BCUT2D eigenvalue weighted by molar-refractivity contribution is 5.93. The molecule has 3 amide bonds. The molecule has 2 fully saturated rings. The largest absolute Gasteiger partial charge is 0.369 e. The number of piperazine rings is 1. The smallest absolute Gasteiger partial charge is 0.340 e. The van der Waals surface area contributed by atoms with Gasteiger partial charge in [0.2, 0.25) is 5.91 Å². The predicted octanol–water partition coefficient (Wildman–Crippen LogP) is 3.43. The third-order valence-electron chi connectivity index (χ3n) is 6.66. The van der Waals surface area contributed by atoms with Gasteiger partial charge in [-0.25, -0.2) is 15.2 Å². The van der Waals surface area contributed by atoms with Crippen molar-refractivity contribution >= 4 is 23.3 Å². The molecular formula is C27H38N6O2. The van der Waals surface area contributed by atoms with E-state index >= 15 is 0 Å². The van der Waals surface area contributed by atoms with Crippen molar-refractivity contribution in [3.8, 4) is 0 Å². The van der Waals surface area contributed by atoms with Gasteiger partial charge in [-0.05, 0) is 49.6 Å². The van der Waals surface area contributed by atoms with Crippen molar-refractivity contribution in [1.29, 1.82) is 0 Å². The molecule has 2 aliphatic rings. The van der Waals surface area contributed by atoms with Crippen molar-refractivity contribution in [2.45, 2.75) is 39.8 Å². The molecule has 0 radical (unpaired) electrons. The highest BCUT2D eigenvalue weighted by atomic mass is 16.2. The molecule has 1 unspecified atom stereocenters. The molecule has 0 spiro atoms. The molecule has 2 aromatic rings. The molecule has 2 aliphatic heterocycles. The van der Waals surface area contributed by atoms with E-state index in [0.717, 1.165) is 43.1 Å². The number of nitrogens with one attached hydrogen (secondary N) is 2. The molecule has 0 saturated carbocycles. The lowest BCUT2D eigenvalue weighted by atomic mass is 10.0. The summed E-state index contributed by atoms with van der Waals surface area (Å²) >= 11 is 0. The molecule has 2 saturated heterocycles. The van der Waals surface area contributed by atoms with E-state index in [9.17, 15) is 9.59 Å². The Kier molecular flexibility index (Phi) is 7.93. The maximum absolute atomic E-state index is 13.1. The third-order valence-corrected chi connectivity index (χ3v) is 6.66. The molecular weight excluding hydrogens is 440 g/mol. The van der Waals surface area contributed by atoms with Gasteiger partial charge in [-0.2, -0.15) is 0 Å². The summed E-state index contributed by atoms with van der Waals surface area (Å²) in [6, 6.07) is 18.0. The Morgan fingerprint density at radius 2 is 1.54 bits per heavy atom. The lowest BCUT2D eigenvalue weighted by Gasteiger charge is -2.40. The molecule has 1 atom stereocenters. The average Bonchev–Trinajstić information content (AvgIpc) is 3.26. The Labute approximate surface area is 208 Å². The Balaban J connectivity index is 1.40. The molecule has 4 rings (SSSR count). The fourth-order valence-corrected chi connectivity index (χ4v) is 4.63. The van der Waals surface area contributed by atoms with E-state index in [4.69, 9.17) is 0 Å². The summed E-state index contributed by atoms with van der Waals surface area (Å²) in [6.07, 6.45) is 0. The van der Waals surface area contributed by atoms with Crippen molar-refractivity contribution in [3.05, 3.63) is 60.2 Å². The standard InChI is InChI=1S/C27H38N6O2/c1-20(2)18-28-26(34)25(22-8-6-5-7-9-22)31-16-14-30(15-17-31)23-10-12-24(13-11-23)33-27(35)32(19-29-33)21(3)4/h5-13,20-21,25,29H,14-19H2,1-4H3,(H,28,34). The predicted molar refractivity (Wildman–Crippen MR) is 140 cm³/mol. The van der Waals surface area contributed by atoms with Gasteiger partial charge in [-0.3, -0.25) is 9.69 Å². The van der Waals surface area contributed by atoms with Crippen LogP contribution in [0.1, 0.15) is 39.3 Å². The zero-order chi connectivity index (χ0) is 24.9. The van der Waals surface area contributed by atoms with Crippen LogP contribution >= 0.6 is 0 Å². The average molecular weight is 479 g/mol. The number of anilines is 2. The van der Waals surface area contributed by atoms with Crippen molar-refractivity contribution in [2.75, 3.05) is 49.3 Å². The minimum absolute atomic E-state index is 0.0240. The number of carbonyl (C=O) groups is 2. The van der Waals surface area contributed by atoms with Crippen LogP contribution in [0.25, 0.3) is 0 Å². The number of rotatable bonds is 8. The molecule has 2 aromatic carbocycles. The first-order chi connectivity index (χ1) is 16.8. The molecule has 188 valence electrons. The van der Waals surface area contributed by atoms with E-state index in [1.807, 2.05) is 56.3 Å². The fourth-order valence-electron chi connectivity index (χ4n) is 4.63. The molecule has 0 aromatic heterocycles. The minimum atomic E-state index is -0.282. The summed E-state index contributed by atoms with van der Waals surface area (Å²) in [5, 5.41) is 4.74. The number of benzene rings is 2. The summed E-state index contributed by atoms with van der Waals surface area (Å²) in [7, 11) is 0. The van der Waals surface area contributed by atoms with Gasteiger partial charge >= 0.3 is 6.03 Å². The quantitative estimate of drug-likeness (QED) is 0.608. The number of hydrogen-bond acceptors (Lipinski definition) is 5. The summed E-state index contributed by atoms with van der Waals surface area (Å²) in [5.74, 6) is 0.482. The third kappa shape index (κ3) is 5.77. The second kappa shape index (κ2) is 11.1. The zero-order valence-electron chi connectivity index (χ0n) is 21.3. The molecule has 2 heterocycles.